The van der Waals surface area contributed by atoms with Gasteiger partial charge in [-0.25, -0.2) is 4.98 Å². The van der Waals surface area contributed by atoms with E-state index in [1.165, 1.54) is 11.3 Å². The van der Waals surface area contributed by atoms with Gasteiger partial charge in [-0.3, -0.25) is 0 Å². The molecular weight excluding hydrogens is 282 g/mol. The van der Waals surface area contributed by atoms with Crippen molar-refractivity contribution in [3.8, 4) is 22.5 Å². The lowest BCUT2D eigenvalue weighted by Crippen LogP contribution is -2.08. The van der Waals surface area contributed by atoms with E-state index < -0.39 is 0 Å². The van der Waals surface area contributed by atoms with Crippen LogP contribution in [0.25, 0.3) is 22.5 Å². The van der Waals surface area contributed by atoms with Crippen LogP contribution in [0.5, 0.6) is 0 Å². The van der Waals surface area contributed by atoms with Gasteiger partial charge < -0.3 is 10.3 Å². The van der Waals surface area contributed by atoms with E-state index in [9.17, 15) is 0 Å². The van der Waals surface area contributed by atoms with Crippen molar-refractivity contribution < 1.29 is 0 Å². The van der Waals surface area contributed by atoms with Gasteiger partial charge in [0.25, 0.3) is 0 Å². The number of aromatic nitrogens is 2. The lowest BCUT2D eigenvalue weighted by molar-refractivity contribution is 0.496. The molecule has 3 aromatic rings. The van der Waals surface area contributed by atoms with Gasteiger partial charge in [0, 0.05) is 17.2 Å². The van der Waals surface area contributed by atoms with Gasteiger partial charge in [-0.05, 0) is 26.3 Å². The van der Waals surface area contributed by atoms with E-state index in [-0.39, 0.29) is 0 Å². The molecule has 0 aliphatic rings. The monoisotopic (exact) mass is 305 g/mol. The quantitative estimate of drug-likeness (QED) is 0.728. The van der Waals surface area contributed by atoms with Crippen LogP contribution in [0.15, 0.2) is 67.0 Å². The molecule has 1 heterocycles. The first-order valence-electron chi connectivity index (χ1n) is 8.19. The fourth-order valence-electron chi connectivity index (χ4n) is 2.94. The first-order valence-corrected chi connectivity index (χ1v) is 8.19. The summed E-state index contributed by atoms with van der Waals surface area (Å²) in [5, 5.41) is 0. The molecule has 3 nitrogen and oxygen atoms in total. The first-order chi connectivity index (χ1) is 11.3. The summed E-state index contributed by atoms with van der Waals surface area (Å²) in [6.07, 6.45) is 4.04. The molecule has 0 amide bonds. The first kappa shape index (κ1) is 15.5. The molecule has 3 heteroatoms. The molecule has 23 heavy (non-hydrogen) atoms. The largest absolute Gasteiger partial charge is 0.330 e. The molecule has 1 unspecified atom stereocenters. The highest BCUT2D eigenvalue weighted by atomic mass is 15.1. The zero-order chi connectivity index (χ0) is 16.1. The van der Waals surface area contributed by atoms with Crippen molar-refractivity contribution in [2.24, 2.45) is 5.73 Å². The van der Waals surface area contributed by atoms with Crippen molar-refractivity contribution in [3.05, 3.63) is 67.0 Å². The van der Waals surface area contributed by atoms with Crippen LogP contribution in [0.2, 0.25) is 0 Å². The van der Waals surface area contributed by atoms with Crippen LogP contribution in [0, 0.1) is 0 Å². The number of benzene rings is 2. The Labute approximate surface area is 137 Å². The predicted molar refractivity (Wildman–Crippen MR) is 96.1 cm³/mol. The second-order valence-corrected chi connectivity index (χ2v) is 5.86. The highest BCUT2D eigenvalue weighted by Crippen LogP contribution is 2.33. The standard InChI is InChI=1S/C20H23N3/c1-16(9-8-14-21)23-15-22-19(17-10-4-2-5-11-17)20(23)18-12-6-3-7-13-18/h2-7,10-13,15-16H,8-9,14,21H2,1H3. The Hall–Kier alpha value is -2.39. The minimum absolute atomic E-state index is 0.374. The van der Waals surface area contributed by atoms with Crippen LogP contribution in [0.4, 0.5) is 0 Å². The Morgan fingerprint density at radius 2 is 1.57 bits per heavy atom. The van der Waals surface area contributed by atoms with E-state index in [0.717, 1.165) is 30.6 Å². The third-order valence-corrected chi connectivity index (χ3v) is 4.19. The van der Waals surface area contributed by atoms with Crippen molar-refractivity contribution in [2.75, 3.05) is 6.54 Å². The van der Waals surface area contributed by atoms with E-state index >= 15 is 0 Å². The zero-order valence-corrected chi connectivity index (χ0v) is 13.5. The van der Waals surface area contributed by atoms with E-state index in [1.807, 2.05) is 18.5 Å². The van der Waals surface area contributed by atoms with Crippen molar-refractivity contribution >= 4 is 0 Å². The topological polar surface area (TPSA) is 43.8 Å². The number of rotatable bonds is 6. The number of imidazole rings is 1. The zero-order valence-electron chi connectivity index (χ0n) is 13.5. The number of hydrogen-bond donors (Lipinski definition) is 1. The summed E-state index contributed by atoms with van der Waals surface area (Å²) < 4.78 is 2.29. The van der Waals surface area contributed by atoms with Gasteiger partial charge in [0.1, 0.15) is 0 Å². The van der Waals surface area contributed by atoms with Crippen LogP contribution in [-0.4, -0.2) is 16.1 Å². The Morgan fingerprint density at radius 3 is 2.17 bits per heavy atom. The van der Waals surface area contributed by atoms with E-state index in [1.54, 1.807) is 0 Å². The molecule has 1 atom stereocenters. The van der Waals surface area contributed by atoms with Gasteiger partial charge >= 0.3 is 0 Å². The van der Waals surface area contributed by atoms with Crippen LogP contribution >= 0.6 is 0 Å². The molecular formula is C20H23N3. The van der Waals surface area contributed by atoms with Gasteiger partial charge in [0.15, 0.2) is 0 Å². The lowest BCUT2D eigenvalue weighted by Gasteiger charge is -2.17. The Balaban J connectivity index is 2.09. The Bertz CT molecular complexity index is 732. The lowest BCUT2D eigenvalue weighted by atomic mass is 10.0. The molecule has 0 fully saturated rings. The molecule has 3 rings (SSSR count). The van der Waals surface area contributed by atoms with Crippen LogP contribution < -0.4 is 5.73 Å². The molecule has 0 aliphatic heterocycles. The van der Waals surface area contributed by atoms with Gasteiger partial charge in [0.05, 0.1) is 17.7 Å². The maximum Gasteiger partial charge on any atom is 0.0963 e. The summed E-state index contributed by atoms with van der Waals surface area (Å²) in [7, 11) is 0. The minimum Gasteiger partial charge on any atom is -0.330 e. The molecule has 0 radical (unpaired) electrons. The summed E-state index contributed by atoms with van der Waals surface area (Å²) in [6.45, 7) is 2.96. The van der Waals surface area contributed by atoms with Crippen LogP contribution in [0.3, 0.4) is 0 Å². The Morgan fingerprint density at radius 1 is 0.957 bits per heavy atom. The molecule has 1 aromatic heterocycles. The van der Waals surface area contributed by atoms with E-state index in [2.05, 4.69) is 60.0 Å². The molecule has 0 bridgehead atoms. The third-order valence-electron chi connectivity index (χ3n) is 4.19. The number of nitrogens with zero attached hydrogens (tertiary/aromatic N) is 2. The van der Waals surface area contributed by atoms with Crippen LogP contribution in [-0.2, 0) is 0 Å². The van der Waals surface area contributed by atoms with E-state index in [0.29, 0.717) is 6.04 Å². The fourth-order valence-corrected chi connectivity index (χ4v) is 2.94. The molecule has 2 N–H and O–H groups in total. The van der Waals surface area contributed by atoms with Gasteiger partial charge in [-0.1, -0.05) is 60.7 Å². The molecule has 0 spiro atoms. The predicted octanol–water partition coefficient (Wildman–Crippen LogP) is 4.52. The summed E-state index contributed by atoms with van der Waals surface area (Å²) in [5.74, 6) is 0. The molecule has 0 aliphatic carbocycles. The molecule has 0 saturated carbocycles. The number of nitrogens with two attached hydrogens (primary N) is 1. The average molecular weight is 305 g/mol. The number of hydrogen-bond acceptors (Lipinski definition) is 2. The van der Waals surface area contributed by atoms with Gasteiger partial charge in [-0.15, -0.1) is 0 Å². The maximum absolute atomic E-state index is 5.68. The van der Waals surface area contributed by atoms with Gasteiger partial charge in [-0.2, -0.15) is 0 Å². The van der Waals surface area contributed by atoms with Crippen LogP contribution in [0.1, 0.15) is 25.8 Å². The fraction of sp³-hybridized carbons (Fsp3) is 0.250. The second kappa shape index (κ2) is 7.25. The molecule has 2 aromatic carbocycles. The average Bonchev–Trinajstić information content (AvgIpc) is 3.06. The second-order valence-electron chi connectivity index (χ2n) is 5.86. The highest BCUT2D eigenvalue weighted by molar-refractivity contribution is 5.78. The molecule has 0 saturated heterocycles. The normalized spacial score (nSPS) is 12.3. The van der Waals surface area contributed by atoms with Crippen molar-refractivity contribution in [1.29, 1.82) is 0 Å². The SMILES string of the molecule is CC(CCCN)n1cnc(-c2ccccc2)c1-c1ccccc1. The van der Waals surface area contributed by atoms with Gasteiger partial charge in [0.2, 0.25) is 0 Å². The van der Waals surface area contributed by atoms with Crippen molar-refractivity contribution in [3.63, 3.8) is 0 Å². The summed E-state index contributed by atoms with van der Waals surface area (Å²) in [5.41, 5.74) is 10.2. The Kier molecular flexibility index (Phi) is 4.89. The highest BCUT2D eigenvalue weighted by Gasteiger charge is 2.17. The van der Waals surface area contributed by atoms with Crippen molar-refractivity contribution in [2.45, 2.75) is 25.8 Å². The van der Waals surface area contributed by atoms with Crippen molar-refractivity contribution in [1.82, 2.24) is 9.55 Å². The summed E-state index contributed by atoms with van der Waals surface area (Å²) in [6, 6.07) is 21.2. The minimum atomic E-state index is 0.374. The summed E-state index contributed by atoms with van der Waals surface area (Å²) >= 11 is 0. The summed E-state index contributed by atoms with van der Waals surface area (Å²) in [4.78, 5) is 4.72. The van der Waals surface area contributed by atoms with E-state index in [4.69, 9.17) is 10.7 Å². The maximum atomic E-state index is 5.68. The molecule has 118 valence electrons. The third kappa shape index (κ3) is 3.35. The smallest absolute Gasteiger partial charge is 0.0963 e.